The zero-order valence-corrected chi connectivity index (χ0v) is 15.1. The molecule has 0 fully saturated rings. The van der Waals surface area contributed by atoms with Crippen LogP contribution in [0.2, 0.25) is 0 Å². The fourth-order valence-corrected chi connectivity index (χ4v) is 2.79. The highest BCUT2D eigenvalue weighted by atomic mass is 16.5. The Kier molecular flexibility index (Phi) is 6.07. The lowest BCUT2D eigenvalue weighted by molar-refractivity contribution is -0.117. The van der Waals surface area contributed by atoms with E-state index in [1.807, 2.05) is 72.8 Å². The number of carbonyl (C=O) groups excluding carboxylic acids is 1. The van der Waals surface area contributed by atoms with E-state index in [2.05, 4.69) is 10.6 Å². The molecular formula is C22H22N2O3. The van der Waals surface area contributed by atoms with E-state index in [1.54, 1.807) is 13.2 Å². The molecule has 3 aromatic rings. The summed E-state index contributed by atoms with van der Waals surface area (Å²) in [5, 5.41) is 15.5. The number of aliphatic hydroxyl groups is 1. The molecule has 0 aromatic heterocycles. The number of aliphatic hydroxyl groups excluding tert-OH is 1. The SMILES string of the molecule is COc1cccc(NC(=O)C(Nc2cccc(CO)c2)c2ccccc2)c1. The Hall–Kier alpha value is -3.31. The molecule has 0 aliphatic rings. The van der Waals surface area contributed by atoms with Gasteiger partial charge in [0.05, 0.1) is 13.7 Å². The number of hydrogen-bond donors (Lipinski definition) is 3. The molecular weight excluding hydrogens is 340 g/mol. The van der Waals surface area contributed by atoms with Gasteiger partial charge in [0, 0.05) is 17.4 Å². The highest BCUT2D eigenvalue weighted by molar-refractivity contribution is 5.97. The number of carbonyl (C=O) groups is 1. The Balaban J connectivity index is 1.86. The molecule has 0 aliphatic carbocycles. The second-order valence-corrected chi connectivity index (χ2v) is 6.07. The maximum atomic E-state index is 13.0. The maximum Gasteiger partial charge on any atom is 0.251 e. The molecule has 27 heavy (non-hydrogen) atoms. The molecule has 0 aliphatic heterocycles. The zero-order valence-electron chi connectivity index (χ0n) is 15.1. The number of anilines is 2. The summed E-state index contributed by atoms with van der Waals surface area (Å²) in [5.41, 5.74) is 3.04. The van der Waals surface area contributed by atoms with E-state index >= 15 is 0 Å². The molecule has 1 atom stereocenters. The van der Waals surface area contributed by atoms with Crippen molar-refractivity contribution in [3.8, 4) is 5.75 Å². The van der Waals surface area contributed by atoms with E-state index in [0.29, 0.717) is 11.4 Å². The van der Waals surface area contributed by atoms with Gasteiger partial charge >= 0.3 is 0 Å². The molecule has 0 radical (unpaired) electrons. The van der Waals surface area contributed by atoms with Crippen molar-refractivity contribution in [2.24, 2.45) is 0 Å². The summed E-state index contributed by atoms with van der Waals surface area (Å²) in [6.45, 7) is -0.0540. The number of methoxy groups -OCH3 is 1. The minimum absolute atomic E-state index is 0.0540. The topological polar surface area (TPSA) is 70.6 Å². The summed E-state index contributed by atoms with van der Waals surface area (Å²) in [7, 11) is 1.59. The van der Waals surface area contributed by atoms with E-state index in [1.165, 1.54) is 0 Å². The van der Waals surface area contributed by atoms with Crippen LogP contribution in [0.25, 0.3) is 0 Å². The van der Waals surface area contributed by atoms with Crippen molar-refractivity contribution in [1.82, 2.24) is 0 Å². The molecule has 0 heterocycles. The van der Waals surface area contributed by atoms with Crippen LogP contribution in [0.3, 0.4) is 0 Å². The van der Waals surface area contributed by atoms with E-state index in [0.717, 1.165) is 16.8 Å². The predicted octanol–water partition coefficient (Wildman–Crippen LogP) is 3.98. The van der Waals surface area contributed by atoms with Crippen molar-refractivity contribution < 1.29 is 14.6 Å². The number of ether oxygens (including phenoxy) is 1. The van der Waals surface area contributed by atoms with Gasteiger partial charge in [-0.25, -0.2) is 0 Å². The van der Waals surface area contributed by atoms with Crippen LogP contribution in [0.5, 0.6) is 5.75 Å². The van der Waals surface area contributed by atoms with Gasteiger partial charge in [-0.3, -0.25) is 4.79 Å². The largest absolute Gasteiger partial charge is 0.497 e. The number of nitrogens with one attached hydrogen (secondary N) is 2. The van der Waals surface area contributed by atoms with E-state index in [-0.39, 0.29) is 12.5 Å². The Morgan fingerprint density at radius 1 is 0.963 bits per heavy atom. The number of rotatable bonds is 7. The molecule has 1 amide bonds. The third-order valence-electron chi connectivity index (χ3n) is 4.15. The maximum absolute atomic E-state index is 13.0. The molecule has 138 valence electrons. The molecule has 0 saturated carbocycles. The van der Waals surface area contributed by atoms with Crippen LogP contribution < -0.4 is 15.4 Å². The van der Waals surface area contributed by atoms with Gasteiger partial charge in [0.15, 0.2) is 0 Å². The van der Waals surface area contributed by atoms with E-state index in [9.17, 15) is 9.90 Å². The quantitative estimate of drug-likeness (QED) is 0.595. The summed E-state index contributed by atoms with van der Waals surface area (Å²) in [5.74, 6) is 0.483. The summed E-state index contributed by atoms with van der Waals surface area (Å²) in [4.78, 5) is 13.0. The smallest absolute Gasteiger partial charge is 0.251 e. The van der Waals surface area contributed by atoms with Crippen LogP contribution in [0.1, 0.15) is 17.2 Å². The van der Waals surface area contributed by atoms with Crippen molar-refractivity contribution in [2.75, 3.05) is 17.7 Å². The van der Waals surface area contributed by atoms with Crippen LogP contribution in [0.4, 0.5) is 11.4 Å². The molecule has 0 bridgehead atoms. The lowest BCUT2D eigenvalue weighted by Gasteiger charge is -2.20. The summed E-state index contributed by atoms with van der Waals surface area (Å²) >= 11 is 0. The monoisotopic (exact) mass is 362 g/mol. The molecule has 3 aromatic carbocycles. The second kappa shape index (κ2) is 8.87. The second-order valence-electron chi connectivity index (χ2n) is 6.07. The van der Waals surface area contributed by atoms with Gasteiger partial charge in [-0.05, 0) is 35.4 Å². The van der Waals surface area contributed by atoms with Gasteiger partial charge < -0.3 is 20.5 Å². The summed E-state index contributed by atoms with van der Waals surface area (Å²) in [6.07, 6.45) is 0. The molecule has 5 heteroatoms. The first kappa shape index (κ1) is 18.5. The first-order chi connectivity index (χ1) is 13.2. The lowest BCUT2D eigenvalue weighted by atomic mass is 10.0. The van der Waals surface area contributed by atoms with Crippen molar-refractivity contribution in [3.05, 3.63) is 90.0 Å². The van der Waals surface area contributed by atoms with Crippen LogP contribution >= 0.6 is 0 Å². The summed E-state index contributed by atoms with van der Waals surface area (Å²) in [6, 6.07) is 23.5. The molecule has 5 nitrogen and oxygen atoms in total. The minimum atomic E-state index is -0.591. The fourth-order valence-electron chi connectivity index (χ4n) is 2.79. The lowest BCUT2D eigenvalue weighted by Crippen LogP contribution is -2.27. The van der Waals surface area contributed by atoms with Gasteiger partial charge in [-0.15, -0.1) is 0 Å². The van der Waals surface area contributed by atoms with Crippen LogP contribution in [0, 0.1) is 0 Å². The van der Waals surface area contributed by atoms with Gasteiger partial charge in [0.1, 0.15) is 11.8 Å². The van der Waals surface area contributed by atoms with Gasteiger partial charge in [0.2, 0.25) is 0 Å². The van der Waals surface area contributed by atoms with Crippen LogP contribution in [-0.4, -0.2) is 18.1 Å². The van der Waals surface area contributed by atoms with Crippen molar-refractivity contribution in [3.63, 3.8) is 0 Å². The Labute approximate surface area is 158 Å². The van der Waals surface area contributed by atoms with Gasteiger partial charge in [-0.1, -0.05) is 48.5 Å². The van der Waals surface area contributed by atoms with Crippen molar-refractivity contribution in [2.45, 2.75) is 12.6 Å². The third-order valence-corrected chi connectivity index (χ3v) is 4.15. The Morgan fingerprint density at radius 3 is 2.44 bits per heavy atom. The fraction of sp³-hybridized carbons (Fsp3) is 0.136. The standard InChI is InChI=1S/C22H22N2O3/c1-27-20-12-6-11-19(14-20)24-22(26)21(17-8-3-2-4-9-17)23-18-10-5-7-16(13-18)15-25/h2-14,21,23,25H,15H2,1H3,(H,24,26). The highest BCUT2D eigenvalue weighted by Crippen LogP contribution is 2.24. The predicted molar refractivity (Wildman–Crippen MR) is 107 cm³/mol. The molecule has 0 saturated heterocycles. The molecule has 0 spiro atoms. The average Bonchev–Trinajstić information content (AvgIpc) is 2.73. The molecule has 3 N–H and O–H groups in total. The van der Waals surface area contributed by atoms with E-state index < -0.39 is 6.04 Å². The number of benzene rings is 3. The van der Waals surface area contributed by atoms with Gasteiger partial charge in [-0.2, -0.15) is 0 Å². The third kappa shape index (κ3) is 4.86. The summed E-state index contributed by atoms with van der Waals surface area (Å²) < 4.78 is 5.21. The molecule has 1 unspecified atom stereocenters. The number of hydrogen-bond acceptors (Lipinski definition) is 4. The molecule has 3 rings (SSSR count). The first-order valence-electron chi connectivity index (χ1n) is 8.66. The van der Waals surface area contributed by atoms with Gasteiger partial charge in [0.25, 0.3) is 5.91 Å². The number of amides is 1. The van der Waals surface area contributed by atoms with Crippen molar-refractivity contribution >= 4 is 17.3 Å². The zero-order chi connectivity index (χ0) is 19.1. The minimum Gasteiger partial charge on any atom is -0.497 e. The normalized spacial score (nSPS) is 11.5. The Bertz CT molecular complexity index is 897. The highest BCUT2D eigenvalue weighted by Gasteiger charge is 2.21. The van der Waals surface area contributed by atoms with E-state index in [4.69, 9.17) is 4.74 Å². The first-order valence-corrected chi connectivity index (χ1v) is 8.66. The van der Waals surface area contributed by atoms with Crippen LogP contribution in [0.15, 0.2) is 78.9 Å². The Morgan fingerprint density at radius 2 is 1.70 bits per heavy atom. The van der Waals surface area contributed by atoms with Crippen LogP contribution in [-0.2, 0) is 11.4 Å². The van der Waals surface area contributed by atoms with Crippen molar-refractivity contribution in [1.29, 1.82) is 0 Å². The average molecular weight is 362 g/mol.